The number of halogens is 4. The Bertz CT molecular complexity index is 548. The van der Waals surface area contributed by atoms with Gasteiger partial charge >= 0.3 is 6.18 Å². The molecule has 2 aromatic rings. The third kappa shape index (κ3) is 2.44. The van der Waals surface area contributed by atoms with Crippen molar-refractivity contribution >= 4 is 11.6 Å². The number of hydrogen-bond acceptors (Lipinski definition) is 2. The maximum Gasteiger partial charge on any atom is 0.452 e. The van der Waals surface area contributed by atoms with Crippen LogP contribution >= 0.6 is 11.6 Å². The largest absolute Gasteiger partial charge is 0.452 e. The van der Waals surface area contributed by atoms with Crippen LogP contribution in [0.2, 0.25) is 5.02 Å². The van der Waals surface area contributed by atoms with Crippen molar-refractivity contribution in [3.63, 3.8) is 0 Å². The number of aryl methyl sites for hydroxylation is 1. The lowest BCUT2D eigenvalue weighted by atomic mass is 10.1. The van der Waals surface area contributed by atoms with Crippen LogP contribution in [0, 0.1) is 6.92 Å². The molecule has 6 heteroatoms. The minimum atomic E-state index is -4.54. The first-order chi connectivity index (χ1) is 7.88. The third-order valence-corrected chi connectivity index (χ3v) is 2.50. The van der Waals surface area contributed by atoms with E-state index in [2.05, 4.69) is 9.68 Å². The van der Waals surface area contributed by atoms with Crippen molar-refractivity contribution in [2.24, 2.45) is 0 Å². The predicted octanol–water partition coefficient (Wildman–Crippen LogP) is 4.32. The summed E-state index contributed by atoms with van der Waals surface area (Å²) in [5.41, 5.74) is 1.40. The van der Waals surface area contributed by atoms with Crippen molar-refractivity contribution in [3.05, 3.63) is 40.6 Å². The zero-order valence-electron chi connectivity index (χ0n) is 8.68. The number of nitrogens with zero attached hydrogens (tertiary/aromatic N) is 1. The van der Waals surface area contributed by atoms with E-state index in [9.17, 15) is 13.2 Å². The SMILES string of the molecule is Cc1ccc(-c2cc(C(F)(F)F)on2)c(Cl)c1. The first kappa shape index (κ1) is 12.0. The van der Waals surface area contributed by atoms with E-state index in [1.54, 1.807) is 18.2 Å². The van der Waals surface area contributed by atoms with Crippen molar-refractivity contribution in [2.75, 3.05) is 0 Å². The molecule has 1 heterocycles. The zero-order valence-corrected chi connectivity index (χ0v) is 9.43. The Morgan fingerprint density at radius 1 is 1.24 bits per heavy atom. The average Bonchev–Trinajstić information content (AvgIpc) is 2.65. The Hall–Kier alpha value is -1.49. The second-order valence-corrected chi connectivity index (χ2v) is 3.96. The topological polar surface area (TPSA) is 26.0 Å². The van der Waals surface area contributed by atoms with Gasteiger partial charge in [0.15, 0.2) is 0 Å². The van der Waals surface area contributed by atoms with E-state index in [1.807, 2.05) is 6.92 Å². The molecular formula is C11H7ClF3NO. The Morgan fingerprint density at radius 2 is 1.94 bits per heavy atom. The van der Waals surface area contributed by atoms with Gasteiger partial charge in [-0.3, -0.25) is 0 Å². The lowest BCUT2D eigenvalue weighted by molar-refractivity contribution is -0.155. The molecule has 0 amide bonds. The Morgan fingerprint density at radius 3 is 2.47 bits per heavy atom. The van der Waals surface area contributed by atoms with Crippen LogP contribution in [-0.4, -0.2) is 5.16 Å². The van der Waals surface area contributed by atoms with Crippen LogP contribution in [0.5, 0.6) is 0 Å². The quantitative estimate of drug-likeness (QED) is 0.764. The molecule has 0 radical (unpaired) electrons. The van der Waals surface area contributed by atoms with Gasteiger partial charge in [-0.2, -0.15) is 13.2 Å². The summed E-state index contributed by atoms with van der Waals surface area (Å²) in [4.78, 5) is 0. The molecule has 2 rings (SSSR count). The van der Waals surface area contributed by atoms with Crippen molar-refractivity contribution in [3.8, 4) is 11.3 Å². The summed E-state index contributed by atoms with van der Waals surface area (Å²) in [7, 11) is 0. The molecule has 0 atom stereocenters. The first-order valence-electron chi connectivity index (χ1n) is 4.68. The van der Waals surface area contributed by atoms with Gasteiger partial charge in [0.1, 0.15) is 5.69 Å². The van der Waals surface area contributed by atoms with Gasteiger partial charge in [-0.15, -0.1) is 0 Å². The highest BCUT2D eigenvalue weighted by atomic mass is 35.5. The number of alkyl halides is 3. The molecule has 0 aliphatic carbocycles. The van der Waals surface area contributed by atoms with E-state index >= 15 is 0 Å². The molecule has 0 unspecified atom stereocenters. The van der Waals surface area contributed by atoms with E-state index < -0.39 is 11.9 Å². The highest BCUT2D eigenvalue weighted by Crippen LogP contribution is 2.34. The van der Waals surface area contributed by atoms with Gasteiger partial charge in [0.05, 0.1) is 5.02 Å². The second kappa shape index (κ2) is 4.07. The zero-order chi connectivity index (χ0) is 12.6. The fourth-order valence-electron chi connectivity index (χ4n) is 1.36. The molecular weight excluding hydrogens is 255 g/mol. The normalized spacial score (nSPS) is 11.8. The van der Waals surface area contributed by atoms with Crippen LogP contribution in [0.4, 0.5) is 13.2 Å². The molecule has 1 aromatic carbocycles. The molecule has 0 aliphatic rings. The minimum absolute atomic E-state index is 0.0716. The summed E-state index contributed by atoms with van der Waals surface area (Å²) in [6.07, 6.45) is -4.54. The summed E-state index contributed by atoms with van der Waals surface area (Å²) in [5.74, 6) is -1.14. The lowest BCUT2D eigenvalue weighted by Crippen LogP contribution is -2.02. The molecule has 1 aromatic heterocycles. The maximum absolute atomic E-state index is 12.3. The smallest absolute Gasteiger partial charge is 0.351 e. The molecule has 0 saturated carbocycles. The van der Waals surface area contributed by atoms with Crippen molar-refractivity contribution < 1.29 is 17.7 Å². The first-order valence-corrected chi connectivity index (χ1v) is 5.06. The number of aromatic nitrogens is 1. The van der Waals surface area contributed by atoms with Gasteiger partial charge in [0, 0.05) is 11.6 Å². The lowest BCUT2D eigenvalue weighted by Gasteiger charge is -2.00. The van der Waals surface area contributed by atoms with E-state index in [4.69, 9.17) is 11.6 Å². The van der Waals surface area contributed by atoms with E-state index in [0.29, 0.717) is 10.6 Å². The fraction of sp³-hybridized carbons (Fsp3) is 0.182. The van der Waals surface area contributed by atoms with Gasteiger partial charge in [0.2, 0.25) is 5.76 Å². The molecule has 0 saturated heterocycles. The van der Waals surface area contributed by atoms with E-state index in [0.717, 1.165) is 11.6 Å². The molecule has 0 bridgehead atoms. The van der Waals surface area contributed by atoms with Gasteiger partial charge in [-0.25, -0.2) is 0 Å². The molecule has 2 nitrogen and oxygen atoms in total. The summed E-state index contributed by atoms with van der Waals surface area (Å²) in [6.45, 7) is 1.83. The van der Waals surface area contributed by atoms with Crippen LogP contribution < -0.4 is 0 Å². The van der Waals surface area contributed by atoms with Crippen molar-refractivity contribution in [2.45, 2.75) is 13.1 Å². The molecule has 17 heavy (non-hydrogen) atoms. The summed E-state index contributed by atoms with van der Waals surface area (Å²) in [5, 5.41) is 3.70. The van der Waals surface area contributed by atoms with Crippen molar-refractivity contribution in [1.82, 2.24) is 5.16 Å². The second-order valence-electron chi connectivity index (χ2n) is 3.56. The summed E-state index contributed by atoms with van der Waals surface area (Å²) < 4.78 is 41.2. The molecule has 0 spiro atoms. The van der Waals surface area contributed by atoms with Crippen LogP contribution in [0.15, 0.2) is 28.8 Å². The molecule has 0 aliphatic heterocycles. The van der Waals surface area contributed by atoms with Crippen LogP contribution in [0.25, 0.3) is 11.3 Å². The average molecular weight is 262 g/mol. The van der Waals surface area contributed by atoms with E-state index in [-0.39, 0.29) is 5.69 Å². The number of hydrogen-bond donors (Lipinski definition) is 0. The van der Waals surface area contributed by atoms with Gasteiger partial charge < -0.3 is 4.52 Å². The fourth-order valence-corrected chi connectivity index (χ4v) is 1.70. The van der Waals surface area contributed by atoms with Gasteiger partial charge in [0.25, 0.3) is 0 Å². The monoisotopic (exact) mass is 261 g/mol. The maximum atomic E-state index is 12.3. The summed E-state index contributed by atoms with van der Waals surface area (Å²) in [6, 6.07) is 5.83. The highest BCUT2D eigenvalue weighted by molar-refractivity contribution is 6.33. The standard InChI is InChI=1S/C11H7ClF3NO/c1-6-2-3-7(8(12)4-6)9-5-10(17-16-9)11(13,14)15/h2-5H,1H3. The van der Waals surface area contributed by atoms with Gasteiger partial charge in [-0.1, -0.05) is 28.9 Å². The number of benzene rings is 1. The molecule has 0 N–H and O–H groups in total. The Kier molecular flexibility index (Phi) is 2.87. The van der Waals surface area contributed by atoms with Crippen LogP contribution in [0.3, 0.4) is 0 Å². The number of rotatable bonds is 1. The Balaban J connectivity index is 2.44. The van der Waals surface area contributed by atoms with E-state index in [1.165, 1.54) is 0 Å². The van der Waals surface area contributed by atoms with Crippen molar-refractivity contribution in [1.29, 1.82) is 0 Å². The minimum Gasteiger partial charge on any atom is -0.351 e. The van der Waals surface area contributed by atoms with Crippen LogP contribution in [0.1, 0.15) is 11.3 Å². The Labute approximate surface area is 100.0 Å². The highest BCUT2D eigenvalue weighted by Gasteiger charge is 2.36. The summed E-state index contributed by atoms with van der Waals surface area (Å²) >= 11 is 5.92. The molecule has 90 valence electrons. The molecule has 0 fully saturated rings. The third-order valence-electron chi connectivity index (χ3n) is 2.19. The predicted molar refractivity (Wildman–Crippen MR) is 56.7 cm³/mol. The van der Waals surface area contributed by atoms with Gasteiger partial charge in [-0.05, 0) is 18.6 Å². The van der Waals surface area contributed by atoms with Crippen LogP contribution in [-0.2, 0) is 6.18 Å².